The molecule has 0 radical (unpaired) electrons. The number of hydrazine groups is 1. The molecule has 1 aliphatic heterocycles. The zero-order valence-corrected chi connectivity index (χ0v) is 7.20. The van der Waals surface area contributed by atoms with Gasteiger partial charge in [-0.15, -0.1) is 0 Å². The maximum Gasteiger partial charge on any atom is 0.238 e. The summed E-state index contributed by atoms with van der Waals surface area (Å²) in [5.41, 5.74) is 5.43. The standard InChI is InChI=1S/C8H15N3O/c9-4-6-11-8(12)3-5-10(11)7-1-2-7/h7H,1-6,9H2. The van der Waals surface area contributed by atoms with Crippen molar-refractivity contribution in [3.05, 3.63) is 0 Å². The van der Waals surface area contributed by atoms with E-state index in [-0.39, 0.29) is 5.91 Å². The second kappa shape index (κ2) is 3.03. The Morgan fingerprint density at radius 2 is 2.25 bits per heavy atom. The fourth-order valence-electron chi connectivity index (χ4n) is 1.73. The van der Waals surface area contributed by atoms with E-state index in [9.17, 15) is 4.79 Å². The summed E-state index contributed by atoms with van der Waals surface area (Å²) in [7, 11) is 0. The lowest BCUT2D eigenvalue weighted by Crippen LogP contribution is -2.43. The van der Waals surface area contributed by atoms with Gasteiger partial charge in [0.25, 0.3) is 0 Å². The van der Waals surface area contributed by atoms with Crippen molar-refractivity contribution < 1.29 is 4.79 Å². The molecule has 0 unspecified atom stereocenters. The molecular weight excluding hydrogens is 154 g/mol. The Hall–Kier alpha value is -0.610. The van der Waals surface area contributed by atoms with Crippen molar-refractivity contribution in [2.45, 2.75) is 25.3 Å². The summed E-state index contributed by atoms with van der Waals surface area (Å²) in [5, 5.41) is 4.02. The van der Waals surface area contributed by atoms with Gasteiger partial charge in [0.2, 0.25) is 5.91 Å². The number of carbonyl (C=O) groups excluding carboxylic acids is 1. The Bertz CT molecular complexity index is 191. The van der Waals surface area contributed by atoms with E-state index < -0.39 is 0 Å². The first-order valence-corrected chi connectivity index (χ1v) is 4.60. The molecule has 0 aromatic carbocycles. The molecule has 2 N–H and O–H groups in total. The topological polar surface area (TPSA) is 49.6 Å². The quantitative estimate of drug-likeness (QED) is 0.623. The summed E-state index contributed by atoms with van der Waals surface area (Å²) in [6.45, 7) is 2.16. The van der Waals surface area contributed by atoms with Crippen molar-refractivity contribution in [1.29, 1.82) is 0 Å². The smallest absolute Gasteiger partial charge is 0.238 e. The Morgan fingerprint density at radius 1 is 1.50 bits per heavy atom. The molecule has 2 rings (SSSR count). The normalized spacial score (nSPS) is 25.4. The predicted molar refractivity (Wildman–Crippen MR) is 45.1 cm³/mol. The average molecular weight is 169 g/mol. The molecular formula is C8H15N3O. The number of nitrogens with zero attached hydrogens (tertiary/aromatic N) is 2. The van der Waals surface area contributed by atoms with Gasteiger partial charge in [0.15, 0.2) is 0 Å². The summed E-state index contributed by atoms with van der Waals surface area (Å²) in [4.78, 5) is 11.3. The van der Waals surface area contributed by atoms with Crippen LogP contribution in [-0.2, 0) is 4.79 Å². The van der Waals surface area contributed by atoms with Crippen LogP contribution in [0.4, 0.5) is 0 Å². The maximum absolute atomic E-state index is 11.3. The van der Waals surface area contributed by atoms with Gasteiger partial charge in [-0.1, -0.05) is 0 Å². The van der Waals surface area contributed by atoms with Crippen LogP contribution in [0.3, 0.4) is 0 Å². The molecule has 2 fully saturated rings. The lowest BCUT2D eigenvalue weighted by atomic mass is 10.4. The summed E-state index contributed by atoms with van der Waals surface area (Å²) in [6.07, 6.45) is 3.17. The van der Waals surface area contributed by atoms with Crippen molar-refractivity contribution in [2.75, 3.05) is 19.6 Å². The minimum Gasteiger partial charge on any atom is -0.329 e. The van der Waals surface area contributed by atoms with Gasteiger partial charge in [-0.3, -0.25) is 9.80 Å². The third-order valence-corrected chi connectivity index (χ3v) is 2.46. The highest BCUT2D eigenvalue weighted by Gasteiger charge is 2.38. The highest BCUT2D eigenvalue weighted by Crippen LogP contribution is 2.30. The van der Waals surface area contributed by atoms with Gasteiger partial charge < -0.3 is 5.73 Å². The first-order chi connectivity index (χ1) is 5.83. The van der Waals surface area contributed by atoms with E-state index >= 15 is 0 Å². The van der Waals surface area contributed by atoms with Crippen LogP contribution in [-0.4, -0.2) is 41.6 Å². The van der Waals surface area contributed by atoms with Crippen molar-refractivity contribution >= 4 is 5.91 Å². The fourth-order valence-corrected chi connectivity index (χ4v) is 1.73. The van der Waals surface area contributed by atoms with Crippen LogP contribution < -0.4 is 5.73 Å². The zero-order valence-electron chi connectivity index (χ0n) is 7.20. The highest BCUT2D eigenvalue weighted by atomic mass is 16.2. The van der Waals surface area contributed by atoms with E-state index in [0.29, 0.717) is 25.6 Å². The number of carbonyl (C=O) groups is 1. The molecule has 0 bridgehead atoms. The molecule has 4 heteroatoms. The maximum atomic E-state index is 11.3. The van der Waals surface area contributed by atoms with Gasteiger partial charge in [0.05, 0.1) is 0 Å². The van der Waals surface area contributed by atoms with Crippen LogP contribution in [0.5, 0.6) is 0 Å². The minimum atomic E-state index is 0.243. The molecule has 0 aromatic rings. The first kappa shape index (κ1) is 8.01. The molecule has 1 saturated carbocycles. The van der Waals surface area contributed by atoms with Gasteiger partial charge in [-0.05, 0) is 12.8 Å². The van der Waals surface area contributed by atoms with E-state index in [4.69, 9.17) is 5.73 Å². The molecule has 12 heavy (non-hydrogen) atoms. The van der Waals surface area contributed by atoms with Crippen LogP contribution in [0, 0.1) is 0 Å². The molecule has 0 atom stereocenters. The van der Waals surface area contributed by atoms with Crippen LogP contribution in [0.15, 0.2) is 0 Å². The van der Waals surface area contributed by atoms with Crippen LogP contribution in [0.25, 0.3) is 0 Å². The fraction of sp³-hybridized carbons (Fsp3) is 0.875. The number of rotatable bonds is 3. The lowest BCUT2D eigenvalue weighted by molar-refractivity contribution is -0.138. The summed E-state index contributed by atoms with van der Waals surface area (Å²) < 4.78 is 0. The summed E-state index contributed by atoms with van der Waals surface area (Å²) in [5.74, 6) is 0.243. The Balaban J connectivity index is 1.98. The number of hydrogen-bond acceptors (Lipinski definition) is 3. The molecule has 0 aromatic heterocycles. The molecule has 0 spiro atoms. The SMILES string of the molecule is NCCN1C(=O)CCN1C1CC1. The Kier molecular flexibility index (Phi) is 2.02. The van der Waals surface area contributed by atoms with Gasteiger partial charge in [-0.2, -0.15) is 0 Å². The van der Waals surface area contributed by atoms with Gasteiger partial charge in [0.1, 0.15) is 0 Å². The van der Waals surface area contributed by atoms with E-state index in [1.807, 2.05) is 5.01 Å². The van der Waals surface area contributed by atoms with Gasteiger partial charge >= 0.3 is 0 Å². The van der Waals surface area contributed by atoms with Crippen molar-refractivity contribution in [3.8, 4) is 0 Å². The average Bonchev–Trinajstić information content (AvgIpc) is 2.82. The third-order valence-electron chi connectivity index (χ3n) is 2.46. The summed E-state index contributed by atoms with van der Waals surface area (Å²) >= 11 is 0. The van der Waals surface area contributed by atoms with E-state index in [1.54, 1.807) is 0 Å². The lowest BCUT2D eigenvalue weighted by Gasteiger charge is -2.27. The molecule has 4 nitrogen and oxygen atoms in total. The monoisotopic (exact) mass is 169 g/mol. The molecule has 1 amide bonds. The van der Waals surface area contributed by atoms with E-state index in [1.165, 1.54) is 12.8 Å². The Labute approximate surface area is 72.3 Å². The number of amides is 1. The number of hydrogen-bond donors (Lipinski definition) is 1. The van der Waals surface area contributed by atoms with Crippen LogP contribution in [0.1, 0.15) is 19.3 Å². The molecule has 1 heterocycles. The molecule has 68 valence electrons. The molecule has 1 saturated heterocycles. The molecule has 2 aliphatic rings. The highest BCUT2D eigenvalue weighted by molar-refractivity contribution is 5.77. The minimum absolute atomic E-state index is 0.243. The second-order valence-corrected chi connectivity index (χ2v) is 3.45. The van der Waals surface area contributed by atoms with Crippen molar-refractivity contribution in [2.24, 2.45) is 5.73 Å². The van der Waals surface area contributed by atoms with Gasteiger partial charge in [0, 0.05) is 32.1 Å². The van der Waals surface area contributed by atoms with Crippen LogP contribution >= 0.6 is 0 Å². The summed E-state index contributed by atoms with van der Waals surface area (Å²) in [6, 6.07) is 0.642. The number of nitrogens with two attached hydrogens (primary N) is 1. The van der Waals surface area contributed by atoms with E-state index in [2.05, 4.69) is 5.01 Å². The largest absolute Gasteiger partial charge is 0.329 e. The van der Waals surface area contributed by atoms with Crippen LogP contribution in [0.2, 0.25) is 0 Å². The first-order valence-electron chi connectivity index (χ1n) is 4.60. The van der Waals surface area contributed by atoms with Gasteiger partial charge in [-0.25, -0.2) is 5.01 Å². The predicted octanol–water partition coefficient (Wildman–Crippen LogP) is -0.443. The third kappa shape index (κ3) is 1.32. The van der Waals surface area contributed by atoms with Crippen molar-refractivity contribution in [3.63, 3.8) is 0 Å². The zero-order chi connectivity index (χ0) is 8.55. The molecule has 1 aliphatic carbocycles. The Morgan fingerprint density at radius 3 is 2.83 bits per heavy atom. The second-order valence-electron chi connectivity index (χ2n) is 3.45. The van der Waals surface area contributed by atoms with Crippen molar-refractivity contribution in [1.82, 2.24) is 10.0 Å². The van der Waals surface area contributed by atoms with E-state index in [0.717, 1.165) is 6.54 Å².